The van der Waals surface area contributed by atoms with Gasteiger partial charge in [-0.25, -0.2) is 4.98 Å². The largest absolute Gasteiger partial charge is 0.362 e. The van der Waals surface area contributed by atoms with Crippen LogP contribution in [0.5, 0.6) is 0 Å². The fraction of sp³-hybridized carbons (Fsp3) is 0.238. The summed E-state index contributed by atoms with van der Waals surface area (Å²) < 4.78 is 0. The molecule has 0 spiro atoms. The molecule has 0 aliphatic heterocycles. The Hall–Kier alpha value is -2.66. The molecule has 0 fully saturated rings. The minimum Gasteiger partial charge on any atom is -0.362 e. The van der Waals surface area contributed by atoms with Gasteiger partial charge in [-0.15, -0.1) is 11.3 Å². The first kappa shape index (κ1) is 18.1. The molecule has 0 aliphatic carbocycles. The van der Waals surface area contributed by atoms with E-state index in [-0.39, 0.29) is 11.8 Å². The maximum absolute atomic E-state index is 12.7. The number of hydrogen-bond acceptors (Lipinski definition) is 4. The number of carbonyl (C=O) groups is 1. The number of hydrogen-bond donors (Lipinski definition) is 2. The monoisotopic (exact) mass is 365 g/mol. The van der Waals surface area contributed by atoms with Gasteiger partial charge in [0.15, 0.2) is 5.13 Å². The van der Waals surface area contributed by atoms with Crippen LogP contribution in [0, 0.1) is 0 Å². The van der Waals surface area contributed by atoms with Crippen LogP contribution >= 0.6 is 11.3 Å². The zero-order valence-electron chi connectivity index (χ0n) is 15.0. The minimum absolute atomic E-state index is 0.0162. The van der Waals surface area contributed by atoms with Crippen LogP contribution in [0.1, 0.15) is 31.7 Å². The number of aromatic nitrogens is 1. The van der Waals surface area contributed by atoms with Crippen molar-refractivity contribution in [2.24, 2.45) is 0 Å². The lowest BCUT2D eigenvalue weighted by Gasteiger charge is -2.15. The van der Waals surface area contributed by atoms with Crippen LogP contribution in [0.2, 0.25) is 0 Å². The number of nitrogens with zero attached hydrogens (tertiary/aromatic N) is 1. The molecule has 0 bridgehead atoms. The number of thiazole rings is 1. The predicted molar refractivity (Wildman–Crippen MR) is 110 cm³/mol. The summed E-state index contributed by atoms with van der Waals surface area (Å²) in [5.74, 6) is -0.137. The molecule has 0 saturated heterocycles. The third-order valence-electron chi connectivity index (χ3n) is 4.18. The molecule has 1 heterocycles. The molecule has 2 aromatic carbocycles. The average Bonchev–Trinajstić information content (AvgIpc) is 3.12. The van der Waals surface area contributed by atoms with Crippen LogP contribution < -0.4 is 10.6 Å². The van der Waals surface area contributed by atoms with Crippen molar-refractivity contribution in [1.82, 2.24) is 4.98 Å². The Morgan fingerprint density at radius 2 is 1.92 bits per heavy atom. The van der Waals surface area contributed by atoms with Gasteiger partial charge in [0.1, 0.15) is 0 Å². The molecule has 1 amide bonds. The maximum atomic E-state index is 12.7. The Morgan fingerprint density at radius 3 is 2.65 bits per heavy atom. The summed E-state index contributed by atoms with van der Waals surface area (Å²) >= 11 is 1.58. The third kappa shape index (κ3) is 4.29. The van der Waals surface area contributed by atoms with Gasteiger partial charge in [0, 0.05) is 23.2 Å². The van der Waals surface area contributed by atoms with Crippen molar-refractivity contribution in [3.63, 3.8) is 0 Å². The second kappa shape index (κ2) is 8.63. The van der Waals surface area contributed by atoms with Gasteiger partial charge in [0.2, 0.25) is 5.91 Å². The van der Waals surface area contributed by atoms with Crippen molar-refractivity contribution >= 4 is 28.1 Å². The van der Waals surface area contributed by atoms with Gasteiger partial charge in [-0.05, 0) is 31.0 Å². The van der Waals surface area contributed by atoms with E-state index in [9.17, 15) is 4.79 Å². The molecule has 1 atom stereocenters. The van der Waals surface area contributed by atoms with Gasteiger partial charge in [-0.3, -0.25) is 4.79 Å². The molecule has 0 saturated carbocycles. The Morgan fingerprint density at radius 1 is 1.12 bits per heavy atom. The smallest absolute Gasteiger partial charge is 0.231 e. The number of benzene rings is 2. The van der Waals surface area contributed by atoms with Crippen LogP contribution in [0.15, 0.2) is 60.0 Å². The summed E-state index contributed by atoms with van der Waals surface area (Å²) in [4.78, 5) is 17.3. The average molecular weight is 366 g/mol. The van der Waals surface area contributed by atoms with E-state index in [0.717, 1.165) is 40.6 Å². The van der Waals surface area contributed by atoms with E-state index >= 15 is 0 Å². The number of rotatable bonds is 7. The van der Waals surface area contributed by atoms with E-state index in [0.29, 0.717) is 0 Å². The van der Waals surface area contributed by atoms with Gasteiger partial charge in [0.25, 0.3) is 0 Å². The quantitative estimate of drug-likeness (QED) is 0.591. The summed E-state index contributed by atoms with van der Waals surface area (Å²) in [7, 11) is 0. The number of anilines is 2. The van der Waals surface area contributed by atoms with Crippen molar-refractivity contribution in [1.29, 1.82) is 0 Å². The molecule has 2 N–H and O–H groups in total. The van der Waals surface area contributed by atoms with Crippen molar-refractivity contribution in [3.8, 4) is 11.3 Å². The molecule has 1 aromatic heterocycles. The first-order valence-corrected chi connectivity index (χ1v) is 9.74. The van der Waals surface area contributed by atoms with Crippen molar-refractivity contribution < 1.29 is 4.79 Å². The Kier molecular flexibility index (Phi) is 6.02. The second-order valence-corrected chi connectivity index (χ2v) is 6.87. The zero-order valence-corrected chi connectivity index (χ0v) is 15.8. The van der Waals surface area contributed by atoms with Gasteiger partial charge in [0.05, 0.1) is 11.6 Å². The van der Waals surface area contributed by atoms with Crippen molar-refractivity contribution in [2.45, 2.75) is 26.2 Å². The van der Waals surface area contributed by atoms with E-state index in [1.807, 2.05) is 73.8 Å². The predicted octanol–water partition coefficient (Wildman–Crippen LogP) is 5.37. The zero-order chi connectivity index (χ0) is 18.4. The molecule has 26 heavy (non-hydrogen) atoms. The SMILES string of the molecule is CCNc1nc(-c2cccc(NC(=O)[C@H](CC)c3ccccc3)c2)cs1. The highest BCUT2D eigenvalue weighted by molar-refractivity contribution is 7.14. The van der Waals surface area contributed by atoms with Gasteiger partial charge < -0.3 is 10.6 Å². The molecule has 134 valence electrons. The summed E-state index contributed by atoms with van der Waals surface area (Å²) in [6.07, 6.45) is 0.758. The fourth-order valence-corrected chi connectivity index (χ4v) is 3.67. The van der Waals surface area contributed by atoms with Crippen LogP contribution in [0.3, 0.4) is 0 Å². The summed E-state index contributed by atoms with van der Waals surface area (Å²) in [5.41, 5.74) is 3.74. The third-order valence-corrected chi connectivity index (χ3v) is 4.98. The highest BCUT2D eigenvalue weighted by atomic mass is 32.1. The Balaban J connectivity index is 1.76. The van der Waals surface area contributed by atoms with Crippen molar-refractivity contribution in [3.05, 3.63) is 65.5 Å². The van der Waals surface area contributed by atoms with E-state index in [1.165, 1.54) is 0 Å². The highest BCUT2D eigenvalue weighted by Gasteiger charge is 2.18. The van der Waals surface area contributed by atoms with E-state index in [1.54, 1.807) is 11.3 Å². The lowest BCUT2D eigenvalue weighted by Crippen LogP contribution is -2.20. The molecule has 0 radical (unpaired) electrons. The minimum atomic E-state index is -0.153. The molecule has 3 aromatic rings. The van der Waals surface area contributed by atoms with Crippen LogP contribution in [0.25, 0.3) is 11.3 Å². The van der Waals surface area contributed by atoms with E-state index in [2.05, 4.69) is 15.6 Å². The summed E-state index contributed by atoms with van der Waals surface area (Å²) in [6.45, 7) is 4.93. The second-order valence-electron chi connectivity index (χ2n) is 6.01. The Labute approximate surface area is 158 Å². The number of amides is 1. The highest BCUT2D eigenvalue weighted by Crippen LogP contribution is 2.28. The molecular weight excluding hydrogens is 342 g/mol. The lowest BCUT2D eigenvalue weighted by molar-refractivity contribution is -0.117. The van der Waals surface area contributed by atoms with Crippen LogP contribution in [-0.2, 0) is 4.79 Å². The normalized spacial score (nSPS) is 11.8. The van der Waals surface area contributed by atoms with Crippen molar-refractivity contribution in [2.75, 3.05) is 17.2 Å². The lowest BCUT2D eigenvalue weighted by atomic mass is 9.95. The van der Waals surface area contributed by atoms with E-state index < -0.39 is 0 Å². The standard InChI is InChI=1S/C21H23N3OS/c1-3-18(15-9-6-5-7-10-15)20(25)23-17-12-8-11-16(13-17)19-14-26-21(24-19)22-4-2/h5-14,18H,3-4H2,1-2H3,(H,22,24)(H,23,25)/t18-/m1/s1. The summed E-state index contributed by atoms with van der Waals surface area (Å²) in [5, 5.41) is 9.21. The Bertz CT molecular complexity index is 860. The molecule has 0 aliphatic rings. The van der Waals surface area contributed by atoms with E-state index in [4.69, 9.17) is 0 Å². The first-order valence-electron chi connectivity index (χ1n) is 8.87. The van der Waals surface area contributed by atoms with Crippen LogP contribution in [-0.4, -0.2) is 17.4 Å². The van der Waals surface area contributed by atoms with Crippen LogP contribution in [0.4, 0.5) is 10.8 Å². The number of carbonyl (C=O) groups excluding carboxylic acids is 1. The number of nitrogens with one attached hydrogen (secondary N) is 2. The maximum Gasteiger partial charge on any atom is 0.231 e. The first-order chi connectivity index (χ1) is 12.7. The molecule has 0 unspecified atom stereocenters. The molecule has 5 heteroatoms. The molecule has 3 rings (SSSR count). The van der Waals surface area contributed by atoms with Gasteiger partial charge >= 0.3 is 0 Å². The molecule has 4 nitrogen and oxygen atoms in total. The fourth-order valence-electron chi connectivity index (χ4n) is 2.88. The van der Waals surface area contributed by atoms with Gasteiger partial charge in [-0.2, -0.15) is 0 Å². The molecular formula is C21H23N3OS. The van der Waals surface area contributed by atoms with Gasteiger partial charge in [-0.1, -0.05) is 49.4 Å². The topological polar surface area (TPSA) is 54.0 Å². The summed E-state index contributed by atoms with van der Waals surface area (Å²) in [6, 6.07) is 17.7.